The fraction of sp³-hybridized carbons (Fsp3) is 0.909. The lowest BCUT2D eigenvalue weighted by molar-refractivity contribution is -0.0436. The van der Waals surface area contributed by atoms with Crippen LogP contribution in [0.5, 0.6) is 0 Å². The van der Waals surface area contributed by atoms with Crippen LogP contribution in [0.2, 0.25) is 0 Å². The van der Waals surface area contributed by atoms with Gasteiger partial charge >= 0.3 is 6.09 Å². The van der Waals surface area contributed by atoms with E-state index in [1.807, 2.05) is 20.8 Å². The van der Waals surface area contributed by atoms with E-state index < -0.39 is 5.60 Å². The number of nitrogens with zero attached hydrogens (tertiary/aromatic N) is 1. The fourth-order valence-electron chi connectivity index (χ4n) is 1.57. The summed E-state index contributed by atoms with van der Waals surface area (Å²) in [6.07, 6.45) is 0.559. The summed E-state index contributed by atoms with van der Waals surface area (Å²) >= 11 is 0. The van der Waals surface area contributed by atoms with Gasteiger partial charge in [0.1, 0.15) is 5.60 Å². The minimum atomic E-state index is -0.446. The second kappa shape index (κ2) is 5.50. The lowest BCUT2D eigenvalue weighted by Crippen LogP contribution is -2.47. The molecule has 1 unspecified atom stereocenters. The maximum absolute atomic E-state index is 11.8. The van der Waals surface area contributed by atoms with E-state index in [1.165, 1.54) is 0 Å². The first-order valence-corrected chi connectivity index (χ1v) is 5.72. The smallest absolute Gasteiger partial charge is 0.410 e. The molecule has 0 saturated carbocycles. The van der Waals surface area contributed by atoms with E-state index in [0.29, 0.717) is 26.2 Å². The third-order valence-electron chi connectivity index (χ3n) is 2.28. The number of rotatable bonds is 2. The number of ether oxygens (including phenoxy) is 2. The first kappa shape index (κ1) is 13.3. The monoisotopic (exact) mass is 230 g/mol. The van der Waals surface area contributed by atoms with Crippen LogP contribution in [0, 0.1) is 0 Å². The van der Waals surface area contributed by atoms with E-state index in [2.05, 4.69) is 0 Å². The molecule has 0 aliphatic carbocycles. The molecular weight excluding hydrogens is 208 g/mol. The normalized spacial score (nSPS) is 22.0. The molecular formula is C11H22N2O3. The second-order valence-corrected chi connectivity index (χ2v) is 5.00. The Balaban J connectivity index is 2.44. The molecule has 2 N–H and O–H groups in total. The molecule has 1 aliphatic heterocycles. The molecule has 0 radical (unpaired) electrons. The van der Waals surface area contributed by atoms with E-state index in [4.69, 9.17) is 15.2 Å². The van der Waals surface area contributed by atoms with Gasteiger partial charge < -0.3 is 20.1 Å². The summed E-state index contributed by atoms with van der Waals surface area (Å²) in [6, 6.07) is 0. The molecule has 0 aromatic heterocycles. The van der Waals surface area contributed by atoms with Crippen molar-refractivity contribution in [2.75, 3.05) is 26.2 Å². The molecule has 0 aromatic carbocycles. The van der Waals surface area contributed by atoms with Crippen LogP contribution in [0.15, 0.2) is 0 Å². The summed E-state index contributed by atoms with van der Waals surface area (Å²) in [6.45, 7) is 7.90. The van der Waals surface area contributed by atoms with Gasteiger partial charge in [0.25, 0.3) is 0 Å². The van der Waals surface area contributed by atoms with Gasteiger partial charge in [0.05, 0.1) is 19.3 Å². The predicted octanol–water partition coefficient (Wildman–Crippen LogP) is 0.971. The molecule has 1 aliphatic rings. The van der Waals surface area contributed by atoms with E-state index in [-0.39, 0.29) is 12.2 Å². The quantitative estimate of drug-likeness (QED) is 0.767. The van der Waals surface area contributed by atoms with Crippen molar-refractivity contribution in [3.05, 3.63) is 0 Å². The lowest BCUT2D eigenvalue weighted by atomic mass is 10.2. The molecule has 1 heterocycles. The third-order valence-corrected chi connectivity index (χ3v) is 2.28. The first-order chi connectivity index (χ1) is 7.42. The van der Waals surface area contributed by atoms with E-state index >= 15 is 0 Å². The van der Waals surface area contributed by atoms with Gasteiger partial charge in [-0.2, -0.15) is 0 Å². The average molecular weight is 230 g/mol. The van der Waals surface area contributed by atoms with Crippen molar-refractivity contribution in [2.45, 2.75) is 38.9 Å². The van der Waals surface area contributed by atoms with Gasteiger partial charge in [-0.25, -0.2) is 4.79 Å². The third kappa shape index (κ3) is 4.37. The molecule has 1 rings (SSSR count). The summed E-state index contributed by atoms with van der Waals surface area (Å²) < 4.78 is 10.8. The number of nitrogens with two attached hydrogens (primary N) is 1. The van der Waals surface area contributed by atoms with Gasteiger partial charge in [-0.05, 0) is 33.7 Å². The van der Waals surface area contributed by atoms with Crippen molar-refractivity contribution in [3.8, 4) is 0 Å². The summed E-state index contributed by atoms with van der Waals surface area (Å²) in [7, 11) is 0. The fourth-order valence-corrected chi connectivity index (χ4v) is 1.57. The standard InChI is InChI=1S/C11H22N2O3/c1-11(2,3)16-10(14)13-6-7-15-9(8-13)4-5-12/h9H,4-8,12H2,1-3H3. The molecule has 94 valence electrons. The lowest BCUT2D eigenvalue weighted by Gasteiger charge is -2.34. The van der Waals surface area contributed by atoms with Crippen LogP contribution in [0.25, 0.3) is 0 Å². The zero-order valence-electron chi connectivity index (χ0n) is 10.4. The minimum Gasteiger partial charge on any atom is -0.444 e. The molecule has 0 bridgehead atoms. The van der Waals surface area contributed by atoms with Crippen molar-refractivity contribution in [2.24, 2.45) is 5.73 Å². The number of carbonyl (C=O) groups is 1. The zero-order valence-corrected chi connectivity index (χ0v) is 10.4. The highest BCUT2D eigenvalue weighted by Crippen LogP contribution is 2.13. The largest absolute Gasteiger partial charge is 0.444 e. The van der Waals surface area contributed by atoms with Gasteiger partial charge in [0.2, 0.25) is 0 Å². The van der Waals surface area contributed by atoms with Gasteiger partial charge in [-0.1, -0.05) is 0 Å². The molecule has 1 fully saturated rings. The Hall–Kier alpha value is -0.810. The Bertz CT molecular complexity index is 236. The Morgan fingerprint density at radius 1 is 1.56 bits per heavy atom. The van der Waals surface area contributed by atoms with Crippen LogP contribution in [0.1, 0.15) is 27.2 Å². The molecule has 0 aromatic rings. The highest BCUT2D eigenvalue weighted by molar-refractivity contribution is 5.68. The first-order valence-electron chi connectivity index (χ1n) is 5.72. The molecule has 1 atom stereocenters. The van der Waals surface area contributed by atoms with E-state index in [9.17, 15) is 4.79 Å². The number of hydrogen-bond donors (Lipinski definition) is 1. The van der Waals surface area contributed by atoms with Crippen LogP contribution in [0.3, 0.4) is 0 Å². The van der Waals surface area contributed by atoms with Crippen molar-refractivity contribution >= 4 is 6.09 Å². The van der Waals surface area contributed by atoms with Crippen molar-refractivity contribution in [3.63, 3.8) is 0 Å². The van der Waals surface area contributed by atoms with Gasteiger partial charge in [-0.15, -0.1) is 0 Å². The van der Waals surface area contributed by atoms with Crippen LogP contribution < -0.4 is 5.73 Å². The average Bonchev–Trinajstić information content (AvgIpc) is 2.16. The molecule has 5 nitrogen and oxygen atoms in total. The summed E-state index contributed by atoms with van der Waals surface area (Å²) in [4.78, 5) is 13.5. The van der Waals surface area contributed by atoms with Gasteiger partial charge in [-0.3, -0.25) is 0 Å². The Morgan fingerprint density at radius 2 is 2.25 bits per heavy atom. The maximum Gasteiger partial charge on any atom is 0.410 e. The Labute approximate surface area is 96.9 Å². The highest BCUT2D eigenvalue weighted by atomic mass is 16.6. The summed E-state index contributed by atoms with van der Waals surface area (Å²) in [5.74, 6) is 0. The van der Waals surface area contributed by atoms with Crippen LogP contribution >= 0.6 is 0 Å². The van der Waals surface area contributed by atoms with Crippen molar-refractivity contribution in [1.82, 2.24) is 4.90 Å². The van der Waals surface area contributed by atoms with Crippen LogP contribution in [0.4, 0.5) is 4.79 Å². The zero-order chi connectivity index (χ0) is 12.2. The van der Waals surface area contributed by atoms with E-state index in [0.717, 1.165) is 6.42 Å². The summed E-state index contributed by atoms with van der Waals surface area (Å²) in [5.41, 5.74) is 5.02. The molecule has 16 heavy (non-hydrogen) atoms. The molecule has 1 saturated heterocycles. The molecule has 5 heteroatoms. The number of carbonyl (C=O) groups excluding carboxylic acids is 1. The SMILES string of the molecule is CC(C)(C)OC(=O)N1CCOC(CCN)C1. The minimum absolute atomic E-state index is 0.0475. The topological polar surface area (TPSA) is 64.8 Å². The number of hydrogen-bond acceptors (Lipinski definition) is 4. The number of morpholine rings is 1. The second-order valence-electron chi connectivity index (χ2n) is 5.00. The molecule has 0 spiro atoms. The Morgan fingerprint density at radius 3 is 2.81 bits per heavy atom. The van der Waals surface area contributed by atoms with E-state index in [1.54, 1.807) is 4.90 Å². The van der Waals surface area contributed by atoms with Crippen molar-refractivity contribution < 1.29 is 14.3 Å². The van der Waals surface area contributed by atoms with Crippen LogP contribution in [-0.2, 0) is 9.47 Å². The molecule has 1 amide bonds. The predicted molar refractivity (Wildman–Crippen MR) is 61.2 cm³/mol. The highest BCUT2D eigenvalue weighted by Gasteiger charge is 2.27. The van der Waals surface area contributed by atoms with Gasteiger partial charge in [0, 0.05) is 6.54 Å². The summed E-state index contributed by atoms with van der Waals surface area (Å²) in [5, 5.41) is 0. The van der Waals surface area contributed by atoms with Gasteiger partial charge in [0.15, 0.2) is 0 Å². The maximum atomic E-state index is 11.8. The van der Waals surface area contributed by atoms with Crippen LogP contribution in [-0.4, -0.2) is 48.9 Å². The Kier molecular flexibility index (Phi) is 4.56. The number of amides is 1. The van der Waals surface area contributed by atoms with Crippen molar-refractivity contribution in [1.29, 1.82) is 0 Å².